The first-order valence-corrected chi connectivity index (χ1v) is 7.26. The highest BCUT2D eigenvalue weighted by molar-refractivity contribution is 7.13. The number of aromatic nitrogens is 1. The second kappa shape index (κ2) is 4.95. The van der Waals surface area contributed by atoms with E-state index in [-0.39, 0.29) is 18.1 Å². The van der Waals surface area contributed by atoms with Crippen LogP contribution in [-0.4, -0.2) is 29.6 Å². The highest BCUT2D eigenvalue weighted by Crippen LogP contribution is 2.40. The Bertz CT molecular complexity index is 444. The fourth-order valence-corrected chi connectivity index (χ4v) is 2.96. The van der Waals surface area contributed by atoms with E-state index in [1.165, 1.54) is 24.2 Å². The van der Waals surface area contributed by atoms with Crippen molar-refractivity contribution in [1.82, 2.24) is 4.98 Å². The standard InChI is InChI=1S/C12H17N3O2S/c13-5-8-3-4-10(17-8)11(16)15-12-14-9(6-18-12)7-1-2-7/h6-8,10H,1-5,13H2,(H,14,15,16). The van der Waals surface area contributed by atoms with Crippen molar-refractivity contribution < 1.29 is 9.53 Å². The molecule has 6 heteroatoms. The first-order valence-electron chi connectivity index (χ1n) is 6.38. The SMILES string of the molecule is NCC1CCC(C(=O)Nc2nc(C3CC3)cs2)O1. The maximum absolute atomic E-state index is 12.0. The number of nitrogens with one attached hydrogen (secondary N) is 1. The lowest BCUT2D eigenvalue weighted by Gasteiger charge is -2.11. The molecule has 0 aromatic carbocycles. The monoisotopic (exact) mass is 267 g/mol. The van der Waals surface area contributed by atoms with Crippen LogP contribution in [0.3, 0.4) is 0 Å². The van der Waals surface area contributed by atoms with Crippen molar-refractivity contribution >= 4 is 22.4 Å². The molecule has 2 unspecified atom stereocenters. The molecular weight excluding hydrogens is 250 g/mol. The van der Waals surface area contributed by atoms with E-state index in [4.69, 9.17) is 10.5 Å². The normalized spacial score (nSPS) is 27.4. The van der Waals surface area contributed by atoms with Gasteiger partial charge < -0.3 is 10.5 Å². The van der Waals surface area contributed by atoms with Gasteiger partial charge >= 0.3 is 0 Å². The molecule has 1 saturated carbocycles. The van der Waals surface area contributed by atoms with Gasteiger partial charge in [-0.15, -0.1) is 11.3 Å². The van der Waals surface area contributed by atoms with E-state index in [0.29, 0.717) is 17.6 Å². The summed E-state index contributed by atoms with van der Waals surface area (Å²) in [4.78, 5) is 16.4. The highest BCUT2D eigenvalue weighted by Gasteiger charge is 2.31. The van der Waals surface area contributed by atoms with Crippen LogP contribution in [0.5, 0.6) is 0 Å². The average Bonchev–Trinajstić information content (AvgIpc) is 2.93. The van der Waals surface area contributed by atoms with Gasteiger partial charge in [0.2, 0.25) is 0 Å². The average molecular weight is 267 g/mol. The third-order valence-electron chi connectivity index (χ3n) is 3.41. The number of carbonyl (C=O) groups is 1. The van der Waals surface area contributed by atoms with Crippen LogP contribution in [0.1, 0.15) is 37.3 Å². The number of carbonyl (C=O) groups excluding carboxylic acids is 1. The zero-order chi connectivity index (χ0) is 12.5. The van der Waals surface area contributed by atoms with E-state index in [1.807, 2.05) is 5.38 Å². The number of nitrogens with zero attached hydrogens (tertiary/aromatic N) is 1. The first-order chi connectivity index (χ1) is 8.76. The summed E-state index contributed by atoms with van der Waals surface area (Å²) < 4.78 is 5.55. The maximum Gasteiger partial charge on any atom is 0.255 e. The highest BCUT2D eigenvalue weighted by atomic mass is 32.1. The molecule has 2 fully saturated rings. The van der Waals surface area contributed by atoms with Crippen LogP contribution in [-0.2, 0) is 9.53 Å². The summed E-state index contributed by atoms with van der Waals surface area (Å²) in [6, 6.07) is 0. The van der Waals surface area contributed by atoms with E-state index < -0.39 is 0 Å². The largest absolute Gasteiger partial charge is 0.364 e. The minimum absolute atomic E-state index is 0.0269. The number of anilines is 1. The minimum atomic E-state index is -0.369. The second-order valence-electron chi connectivity index (χ2n) is 4.90. The van der Waals surface area contributed by atoms with Gasteiger partial charge in [0.1, 0.15) is 6.10 Å². The zero-order valence-electron chi connectivity index (χ0n) is 10.1. The van der Waals surface area contributed by atoms with Crippen molar-refractivity contribution in [2.24, 2.45) is 5.73 Å². The lowest BCUT2D eigenvalue weighted by molar-refractivity contribution is -0.126. The molecule has 3 N–H and O–H groups in total. The molecule has 2 aliphatic rings. The summed E-state index contributed by atoms with van der Waals surface area (Å²) in [6.07, 6.45) is 3.71. The fourth-order valence-electron chi connectivity index (χ4n) is 2.17. The Morgan fingerprint density at radius 3 is 3.00 bits per heavy atom. The molecule has 1 amide bonds. The number of hydrogen-bond donors (Lipinski definition) is 2. The van der Waals surface area contributed by atoms with E-state index >= 15 is 0 Å². The van der Waals surface area contributed by atoms with Gasteiger partial charge in [-0.1, -0.05) is 0 Å². The molecule has 5 nitrogen and oxygen atoms in total. The first kappa shape index (κ1) is 12.1. The van der Waals surface area contributed by atoms with E-state index in [2.05, 4.69) is 10.3 Å². The van der Waals surface area contributed by atoms with Crippen molar-refractivity contribution in [3.63, 3.8) is 0 Å². The van der Waals surface area contributed by atoms with E-state index in [0.717, 1.165) is 18.5 Å². The van der Waals surface area contributed by atoms with Crippen LogP contribution in [0.25, 0.3) is 0 Å². The topological polar surface area (TPSA) is 77.2 Å². The Kier molecular flexibility index (Phi) is 3.32. The number of ether oxygens (including phenoxy) is 1. The lowest BCUT2D eigenvalue weighted by Crippen LogP contribution is -2.29. The Morgan fingerprint density at radius 1 is 1.50 bits per heavy atom. The van der Waals surface area contributed by atoms with Crippen LogP contribution in [0.2, 0.25) is 0 Å². The van der Waals surface area contributed by atoms with Gasteiger partial charge in [-0.3, -0.25) is 10.1 Å². The molecule has 98 valence electrons. The molecular formula is C12H17N3O2S. The van der Waals surface area contributed by atoms with Gasteiger partial charge in [0.25, 0.3) is 5.91 Å². The van der Waals surface area contributed by atoms with Crippen LogP contribution in [0, 0.1) is 0 Å². The van der Waals surface area contributed by atoms with Gasteiger partial charge in [0.05, 0.1) is 11.8 Å². The van der Waals surface area contributed by atoms with E-state index in [1.54, 1.807) is 0 Å². The summed E-state index contributed by atoms with van der Waals surface area (Å²) in [5, 5.41) is 5.55. The van der Waals surface area contributed by atoms with Crippen LogP contribution >= 0.6 is 11.3 Å². The molecule has 1 aromatic rings. The molecule has 1 aliphatic heterocycles. The molecule has 2 atom stereocenters. The zero-order valence-corrected chi connectivity index (χ0v) is 10.9. The van der Waals surface area contributed by atoms with Crippen molar-refractivity contribution in [2.45, 2.75) is 43.8 Å². The Balaban J connectivity index is 1.56. The summed E-state index contributed by atoms with van der Waals surface area (Å²) >= 11 is 1.49. The van der Waals surface area contributed by atoms with Gasteiger partial charge in [0.15, 0.2) is 5.13 Å². The third-order valence-corrected chi connectivity index (χ3v) is 4.19. The molecule has 0 spiro atoms. The van der Waals surface area contributed by atoms with E-state index in [9.17, 15) is 4.79 Å². The minimum Gasteiger partial charge on any atom is -0.364 e. The number of hydrogen-bond acceptors (Lipinski definition) is 5. The number of amides is 1. The van der Waals surface area contributed by atoms with Crippen LogP contribution in [0.15, 0.2) is 5.38 Å². The Morgan fingerprint density at radius 2 is 2.33 bits per heavy atom. The van der Waals surface area contributed by atoms with Crippen molar-refractivity contribution in [3.05, 3.63) is 11.1 Å². The molecule has 18 heavy (non-hydrogen) atoms. The second-order valence-corrected chi connectivity index (χ2v) is 5.76. The van der Waals surface area contributed by atoms with Crippen LogP contribution < -0.4 is 11.1 Å². The molecule has 0 bridgehead atoms. The predicted octanol–water partition coefficient (Wildman–Crippen LogP) is 1.47. The Hall–Kier alpha value is -0.980. The number of rotatable bonds is 4. The molecule has 3 rings (SSSR count). The quantitative estimate of drug-likeness (QED) is 0.866. The smallest absolute Gasteiger partial charge is 0.255 e. The lowest BCUT2D eigenvalue weighted by atomic mass is 10.2. The third kappa shape index (κ3) is 2.55. The molecule has 1 saturated heterocycles. The maximum atomic E-state index is 12.0. The van der Waals surface area contributed by atoms with Crippen molar-refractivity contribution in [3.8, 4) is 0 Å². The van der Waals surface area contributed by atoms with Gasteiger partial charge in [0, 0.05) is 17.8 Å². The van der Waals surface area contributed by atoms with Gasteiger partial charge in [-0.05, 0) is 25.7 Å². The molecule has 2 heterocycles. The van der Waals surface area contributed by atoms with Gasteiger partial charge in [-0.2, -0.15) is 0 Å². The number of nitrogens with two attached hydrogens (primary N) is 1. The molecule has 1 aliphatic carbocycles. The van der Waals surface area contributed by atoms with Crippen molar-refractivity contribution in [2.75, 3.05) is 11.9 Å². The Labute approximate surface area is 110 Å². The summed E-state index contributed by atoms with van der Waals surface area (Å²) in [6.45, 7) is 0.479. The fraction of sp³-hybridized carbons (Fsp3) is 0.667. The summed E-state index contributed by atoms with van der Waals surface area (Å²) in [5.41, 5.74) is 6.64. The van der Waals surface area contributed by atoms with Gasteiger partial charge in [-0.25, -0.2) is 4.98 Å². The van der Waals surface area contributed by atoms with Crippen LogP contribution in [0.4, 0.5) is 5.13 Å². The summed E-state index contributed by atoms with van der Waals surface area (Å²) in [5.74, 6) is 0.527. The summed E-state index contributed by atoms with van der Waals surface area (Å²) in [7, 11) is 0. The molecule has 0 radical (unpaired) electrons. The predicted molar refractivity (Wildman–Crippen MR) is 69.7 cm³/mol. The number of thiazole rings is 1. The molecule has 1 aromatic heterocycles. The van der Waals surface area contributed by atoms with Crippen molar-refractivity contribution in [1.29, 1.82) is 0 Å².